The number of nitrogens with two attached hydrogens (primary N) is 1. The van der Waals surface area contributed by atoms with Gasteiger partial charge >= 0.3 is 6.09 Å². The number of piperidine rings is 1. The van der Waals surface area contributed by atoms with Crippen LogP contribution in [0, 0.1) is 11.3 Å². The first-order chi connectivity index (χ1) is 10.7. The van der Waals surface area contributed by atoms with Crippen molar-refractivity contribution < 1.29 is 14.3 Å². The first-order valence-electron chi connectivity index (χ1n) is 7.40. The van der Waals surface area contributed by atoms with Crippen molar-refractivity contribution in [1.82, 2.24) is 4.90 Å². The van der Waals surface area contributed by atoms with Gasteiger partial charge in [-0.25, -0.2) is 4.79 Å². The van der Waals surface area contributed by atoms with Gasteiger partial charge in [-0.15, -0.1) is 0 Å². The van der Waals surface area contributed by atoms with Gasteiger partial charge in [0, 0.05) is 13.1 Å². The average Bonchev–Trinajstić information content (AvgIpc) is 2.59. The van der Waals surface area contributed by atoms with E-state index in [1.165, 1.54) is 4.90 Å². The lowest BCUT2D eigenvalue weighted by Crippen LogP contribution is -2.51. The largest absolute Gasteiger partial charge is 0.445 e. The van der Waals surface area contributed by atoms with E-state index in [-0.39, 0.29) is 13.2 Å². The summed E-state index contributed by atoms with van der Waals surface area (Å²) in [5, 5.41) is 9.38. The standard InChI is InChI=1S/C16H21N3O3/c17-8-10-22-16(12-18)7-4-9-19(13-16)15(20)21-11-14-5-2-1-3-6-14/h1-3,5-6H,4,7-11,13,17H2. The molecular formula is C16H21N3O3. The molecule has 1 aromatic carbocycles. The molecule has 22 heavy (non-hydrogen) atoms. The third-order valence-corrected chi connectivity index (χ3v) is 3.62. The van der Waals surface area contributed by atoms with E-state index < -0.39 is 11.7 Å². The van der Waals surface area contributed by atoms with E-state index in [4.69, 9.17) is 15.2 Å². The first-order valence-corrected chi connectivity index (χ1v) is 7.40. The van der Waals surface area contributed by atoms with Gasteiger partial charge in [0.05, 0.1) is 19.2 Å². The van der Waals surface area contributed by atoms with Gasteiger partial charge in [0.25, 0.3) is 0 Å². The number of benzene rings is 1. The summed E-state index contributed by atoms with van der Waals surface area (Å²) in [5.41, 5.74) is 5.39. The molecule has 1 unspecified atom stereocenters. The minimum absolute atomic E-state index is 0.219. The molecule has 2 N–H and O–H groups in total. The molecule has 6 nitrogen and oxygen atoms in total. The number of nitrogens with zero attached hydrogens (tertiary/aromatic N) is 2. The van der Waals surface area contributed by atoms with Crippen LogP contribution < -0.4 is 5.73 Å². The summed E-state index contributed by atoms with van der Waals surface area (Å²) >= 11 is 0. The van der Waals surface area contributed by atoms with Crippen LogP contribution in [-0.4, -0.2) is 42.8 Å². The zero-order valence-electron chi connectivity index (χ0n) is 12.5. The van der Waals surface area contributed by atoms with Gasteiger partial charge in [-0.3, -0.25) is 0 Å². The number of likely N-dealkylation sites (tertiary alicyclic amines) is 1. The molecule has 0 radical (unpaired) electrons. The predicted octanol–water partition coefficient (Wildman–Crippen LogP) is 1.66. The summed E-state index contributed by atoms with van der Waals surface area (Å²) in [6.07, 6.45) is 0.893. The van der Waals surface area contributed by atoms with E-state index in [9.17, 15) is 10.1 Å². The number of hydrogen-bond acceptors (Lipinski definition) is 5. The molecule has 6 heteroatoms. The van der Waals surface area contributed by atoms with Crippen molar-refractivity contribution >= 4 is 6.09 Å². The maximum absolute atomic E-state index is 12.2. The number of carbonyl (C=O) groups excluding carboxylic acids is 1. The van der Waals surface area contributed by atoms with E-state index in [0.29, 0.717) is 32.5 Å². The van der Waals surface area contributed by atoms with E-state index in [1.54, 1.807) is 0 Å². The number of rotatable bonds is 5. The van der Waals surface area contributed by atoms with Gasteiger partial charge in [-0.2, -0.15) is 5.26 Å². The zero-order valence-corrected chi connectivity index (χ0v) is 12.5. The maximum atomic E-state index is 12.2. The SMILES string of the molecule is N#CC1(OCCN)CCCN(C(=O)OCc2ccccc2)C1. The lowest BCUT2D eigenvalue weighted by Gasteiger charge is -2.37. The molecule has 1 saturated heterocycles. The van der Waals surface area contributed by atoms with Crippen LogP contribution in [0.15, 0.2) is 30.3 Å². The lowest BCUT2D eigenvalue weighted by molar-refractivity contribution is -0.0466. The second-order valence-electron chi connectivity index (χ2n) is 5.31. The molecule has 118 valence electrons. The van der Waals surface area contributed by atoms with Gasteiger partial charge in [0.1, 0.15) is 6.61 Å². The molecule has 1 fully saturated rings. The van der Waals surface area contributed by atoms with E-state index in [2.05, 4.69) is 6.07 Å². The van der Waals surface area contributed by atoms with Crippen molar-refractivity contribution in [2.24, 2.45) is 5.73 Å². The molecule has 1 amide bonds. The third kappa shape index (κ3) is 4.20. The Kier molecular flexibility index (Phi) is 5.75. The number of nitriles is 1. The molecule has 0 spiro atoms. The molecule has 1 aliphatic rings. The molecule has 2 rings (SSSR count). The maximum Gasteiger partial charge on any atom is 0.410 e. The highest BCUT2D eigenvalue weighted by Crippen LogP contribution is 2.25. The van der Waals surface area contributed by atoms with Crippen LogP contribution in [0.4, 0.5) is 4.79 Å². The van der Waals surface area contributed by atoms with E-state index in [1.807, 2.05) is 30.3 Å². The van der Waals surface area contributed by atoms with Crippen LogP contribution in [0.3, 0.4) is 0 Å². The minimum Gasteiger partial charge on any atom is -0.445 e. The molecule has 0 aromatic heterocycles. The fourth-order valence-electron chi connectivity index (χ4n) is 2.48. The molecule has 0 aliphatic carbocycles. The third-order valence-electron chi connectivity index (χ3n) is 3.62. The van der Waals surface area contributed by atoms with Crippen molar-refractivity contribution in [3.63, 3.8) is 0 Å². The quantitative estimate of drug-likeness (QED) is 0.893. The highest BCUT2D eigenvalue weighted by molar-refractivity contribution is 5.68. The summed E-state index contributed by atoms with van der Waals surface area (Å²) in [5.74, 6) is 0. The fourth-order valence-corrected chi connectivity index (χ4v) is 2.48. The van der Waals surface area contributed by atoms with Crippen LogP contribution in [0.1, 0.15) is 18.4 Å². The highest BCUT2D eigenvalue weighted by atomic mass is 16.6. The van der Waals surface area contributed by atoms with Gasteiger partial charge in [-0.1, -0.05) is 30.3 Å². The van der Waals surface area contributed by atoms with Crippen LogP contribution in [0.2, 0.25) is 0 Å². The normalized spacial score (nSPS) is 21.2. The number of hydrogen-bond donors (Lipinski definition) is 1. The molecule has 1 aromatic rings. The van der Waals surface area contributed by atoms with Gasteiger partial charge in [0.15, 0.2) is 5.60 Å². The Balaban J connectivity index is 1.91. The van der Waals surface area contributed by atoms with Crippen molar-refractivity contribution in [2.75, 3.05) is 26.2 Å². The number of carbonyl (C=O) groups is 1. The summed E-state index contributed by atoms with van der Waals surface area (Å²) in [7, 11) is 0. The van der Waals surface area contributed by atoms with E-state index in [0.717, 1.165) is 5.56 Å². The second-order valence-corrected chi connectivity index (χ2v) is 5.31. The van der Waals surface area contributed by atoms with Crippen LogP contribution in [0.5, 0.6) is 0 Å². The zero-order chi connectivity index (χ0) is 15.8. The van der Waals surface area contributed by atoms with Gasteiger partial charge in [0.2, 0.25) is 0 Å². The second kappa shape index (κ2) is 7.78. The van der Waals surface area contributed by atoms with Crippen LogP contribution in [-0.2, 0) is 16.1 Å². The van der Waals surface area contributed by atoms with Crippen molar-refractivity contribution in [3.8, 4) is 6.07 Å². The first kappa shape index (κ1) is 16.3. The lowest BCUT2D eigenvalue weighted by atomic mass is 9.94. The Bertz CT molecular complexity index is 529. The Morgan fingerprint density at radius 1 is 1.41 bits per heavy atom. The summed E-state index contributed by atoms with van der Waals surface area (Å²) in [6, 6.07) is 11.7. The Morgan fingerprint density at radius 3 is 2.86 bits per heavy atom. The molecule has 1 heterocycles. The Morgan fingerprint density at radius 2 is 2.18 bits per heavy atom. The molecule has 1 atom stereocenters. The monoisotopic (exact) mass is 303 g/mol. The van der Waals surface area contributed by atoms with Gasteiger partial charge < -0.3 is 20.1 Å². The van der Waals surface area contributed by atoms with Crippen molar-refractivity contribution in [1.29, 1.82) is 5.26 Å². The summed E-state index contributed by atoms with van der Waals surface area (Å²) < 4.78 is 10.9. The molecular weight excluding hydrogens is 282 g/mol. The Labute approximate surface area is 130 Å². The Hall–Kier alpha value is -2.10. The smallest absolute Gasteiger partial charge is 0.410 e. The fraction of sp³-hybridized carbons (Fsp3) is 0.500. The van der Waals surface area contributed by atoms with Crippen molar-refractivity contribution in [2.45, 2.75) is 25.0 Å². The average molecular weight is 303 g/mol. The molecule has 0 bridgehead atoms. The van der Waals surface area contributed by atoms with Crippen LogP contribution >= 0.6 is 0 Å². The number of amides is 1. The van der Waals surface area contributed by atoms with Crippen LogP contribution in [0.25, 0.3) is 0 Å². The summed E-state index contributed by atoms with van der Waals surface area (Å²) in [4.78, 5) is 13.7. The molecule has 1 aliphatic heterocycles. The number of ether oxygens (including phenoxy) is 2. The van der Waals surface area contributed by atoms with E-state index >= 15 is 0 Å². The highest BCUT2D eigenvalue weighted by Gasteiger charge is 2.38. The minimum atomic E-state index is -0.969. The topological polar surface area (TPSA) is 88.6 Å². The molecule has 0 saturated carbocycles. The summed E-state index contributed by atoms with van der Waals surface area (Å²) in [6.45, 7) is 1.67. The predicted molar refractivity (Wildman–Crippen MR) is 80.8 cm³/mol. The van der Waals surface area contributed by atoms with Gasteiger partial charge in [-0.05, 0) is 18.4 Å². The van der Waals surface area contributed by atoms with Crippen molar-refractivity contribution in [3.05, 3.63) is 35.9 Å².